The van der Waals surface area contributed by atoms with E-state index >= 15 is 0 Å². The zero-order valence-electron chi connectivity index (χ0n) is 8.18. The molecule has 3 heteroatoms. The molecule has 0 saturated carbocycles. The van der Waals surface area contributed by atoms with Crippen LogP contribution < -0.4 is 5.32 Å². The van der Waals surface area contributed by atoms with Gasteiger partial charge in [0.1, 0.15) is 0 Å². The van der Waals surface area contributed by atoms with Crippen molar-refractivity contribution in [3.05, 3.63) is 0 Å². The minimum absolute atomic E-state index is 0.733. The van der Waals surface area contributed by atoms with E-state index < -0.39 is 0 Å². The molecule has 2 nitrogen and oxygen atoms in total. The van der Waals surface area contributed by atoms with Gasteiger partial charge >= 0.3 is 0 Å². The summed E-state index contributed by atoms with van der Waals surface area (Å²) < 4.78 is 0. The molecule has 1 aliphatic rings. The van der Waals surface area contributed by atoms with Crippen molar-refractivity contribution in [1.29, 1.82) is 0 Å². The van der Waals surface area contributed by atoms with Crippen LogP contribution in [0.4, 0.5) is 0 Å². The van der Waals surface area contributed by atoms with Crippen LogP contribution in [-0.4, -0.2) is 48.6 Å². The Labute approximate surface area is 80.1 Å². The van der Waals surface area contributed by atoms with E-state index in [2.05, 4.69) is 24.1 Å². The Balaban J connectivity index is 2.11. The molecule has 0 spiro atoms. The topological polar surface area (TPSA) is 15.3 Å². The molecular formula is C9H20N2S. The lowest BCUT2D eigenvalue weighted by Crippen LogP contribution is -2.50. The maximum atomic E-state index is 3.41. The lowest BCUT2D eigenvalue weighted by Gasteiger charge is -2.33. The molecule has 0 radical (unpaired) electrons. The second-order valence-electron chi connectivity index (χ2n) is 3.29. The van der Waals surface area contributed by atoms with Gasteiger partial charge in [-0.05, 0) is 12.7 Å². The highest BCUT2D eigenvalue weighted by Crippen LogP contribution is 2.05. The van der Waals surface area contributed by atoms with Crippen molar-refractivity contribution in [2.75, 3.05) is 37.7 Å². The molecule has 0 aromatic carbocycles. The van der Waals surface area contributed by atoms with Gasteiger partial charge in [0, 0.05) is 38.0 Å². The van der Waals surface area contributed by atoms with E-state index in [-0.39, 0.29) is 0 Å². The third kappa shape index (κ3) is 3.33. The Morgan fingerprint density at radius 2 is 2.42 bits per heavy atom. The number of nitrogens with one attached hydrogen (secondary N) is 1. The zero-order valence-corrected chi connectivity index (χ0v) is 8.99. The molecule has 72 valence electrons. The minimum atomic E-state index is 0.733. The molecule has 0 aromatic rings. The van der Waals surface area contributed by atoms with Gasteiger partial charge in [0.2, 0.25) is 0 Å². The van der Waals surface area contributed by atoms with E-state index in [1.165, 1.54) is 31.1 Å². The second-order valence-corrected chi connectivity index (χ2v) is 4.68. The van der Waals surface area contributed by atoms with Crippen molar-refractivity contribution in [1.82, 2.24) is 10.2 Å². The molecule has 1 rings (SSSR count). The molecule has 12 heavy (non-hydrogen) atoms. The van der Waals surface area contributed by atoms with E-state index in [4.69, 9.17) is 0 Å². The van der Waals surface area contributed by atoms with Gasteiger partial charge in [-0.1, -0.05) is 6.92 Å². The molecule has 1 heterocycles. The number of hydrogen-bond donors (Lipinski definition) is 1. The summed E-state index contributed by atoms with van der Waals surface area (Å²) in [6.07, 6.45) is 0. The summed E-state index contributed by atoms with van der Waals surface area (Å²) in [5.41, 5.74) is 0. The van der Waals surface area contributed by atoms with Gasteiger partial charge in [-0.2, -0.15) is 11.8 Å². The first-order valence-electron chi connectivity index (χ1n) is 4.87. The van der Waals surface area contributed by atoms with Gasteiger partial charge in [0.15, 0.2) is 0 Å². The van der Waals surface area contributed by atoms with Crippen LogP contribution in [0.2, 0.25) is 0 Å². The molecule has 0 amide bonds. The summed E-state index contributed by atoms with van der Waals surface area (Å²) in [6.45, 7) is 9.36. The van der Waals surface area contributed by atoms with E-state index in [1.807, 2.05) is 11.8 Å². The number of hydrogen-bond acceptors (Lipinski definition) is 3. The van der Waals surface area contributed by atoms with Crippen molar-refractivity contribution in [2.24, 2.45) is 0 Å². The first kappa shape index (κ1) is 10.4. The Kier molecular flexibility index (Phi) is 5.04. The van der Waals surface area contributed by atoms with Crippen LogP contribution in [0.15, 0.2) is 0 Å². The third-order valence-corrected chi connectivity index (χ3v) is 3.25. The molecule has 1 fully saturated rings. The van der Waals surface area contributed by atoms with Crippen LogP contribution in [0.5, 0.6) is 0 Å². The van der Waals surface area contributed by atoms with Crippen LogP contribution in [0.1, 0.15) is 13.8 Å². The lowest BCUT2D eigenvalue weighted by molar-refractivity contribution is 0.185. The van der Waals surface area contributed by atoms with Gasteiger partial charge in [-0.25, -0.2) is 0 Å². The molecule has 0 aromatic heterocycles. The van der Waals surface area contributed by atoms with Crippen molar-refractivity contribution < 1.29 is 0 Å². The fourth-order valence-electron chi connectivity index (χ4n) is 1.54. The molecular weight excluding hydrogens is 168 g/mol. The highest BCUT2D eigenvalue weighted by molar-refractivity contribution is 7.99. The number of piperazine rings is 1. The molecule has 0 unspecified atom stereocenters. The smallest absolute Gasteiger partial charge is 0.0193 e. The van der Waals surface area contributed by atoms with Crippen LogP contribution in [0.25, 0.3) is 0 Å². The van der Waals surface area contributed by atoms with Crippen molar-refractivity contribution >= 4 is 11.8 Å². The highest BCUT2D eigenvalue weighted by Gasteiger charge is 2.16. The summed E-state index contributed by atoms with van der Waals surface area (Å²) in [4.78, 5) is 2.58. The maximum Gasteiger partial charge on any atom is 0.0193 e. The van der Waals surface area contributed by atoms with Gasteiger partial charge in [-0.15, -0.1) is 0 Å². The monoisotopic (exact) mass is 188 g/mol. The lowest BCUT2D eigenvalue weighted by atomic mass is 10.2. The Bertz CT molecular complexity index is 119. The average molecular weight is 188 g/mol. The third-order valence-electron chi connectivity index (χ3n) is 2.37. The summed E-state index contributed by atoms with van der Waals surface area (Å²) in [6, 6.07) is 0.733. The predicted molar refractivity (Wildman–Crippen MR) is 56.9 cm³/mol. The molecule has 1 saturated heterocycles. The van der Waals surface area contributed by atoms with Gasteiger partial charge in [0.05, 0.1) is 0 Å². The van der Waals surface area contributed by atoms with Crippen LogP contribution >= 0.6 is 11.8 Å². The Hall–Kier alpha value is 0.270. The van der Waals surface area contributed by atoms with Gasteiger partial charge in [-0.3, -0.25) is 4.90 Å². The fourth-order valence-corrected chi connectivity index (χ4v) is 2.19. The van der Waals surface area contributed by atoms with Crippen molar-refractivity contribution in [3.8, 4) is 0 Å². The van der Waals surface area contributed by atoms with E-state index in [0.29, 0.717) is 0 Å². The number of nitrogens with zero attached hydrogens (tertiary/aromatic N) is 1. The maximum absolute atomic E-state index is 3.41. The van der Waals surface area contributed by atoms with Crippen LogP contribution in [-0.2, 0) is 0 Å². The molecule has 1 N–H and O–H groups in total. The minimum Gasteiger partial charge on any atom is -0.314 e. The normalized spacial score (nSPS) is 26.0. The fraction of sp³-hybridized carbons (Fsp3) is 1.00. The summed E-state index contributed by atoms with van der Waals surface area (Å²) in [5, 5.41) is 3.41. The quantitative estimate of drug-likeness (QED) is 0.664. The summed E-state index contributed by atoms with van der Waals surface area (Å²) >= 11 is 2.04. The molecule has 1 aliphatic heterocycles. The highest BCUT2D eigenvalue weighted by atomic mass is 32.2. The summed E-state index contributed by atoms with van der Waals surface area (Å²) in [7, 11) is 0. The SMILES string of the molecule is CCSCCN1CCNC[C@H]1C. The Morgan fingerprint density at radius 1 is 1.58 bits per heavy atom. The first-order valence-corrected chi connectivity index (χ1v) is 6.02. The average Bonchev–Trinajstić information content (AvgIpc) is 2.09. The van der Waals surface area contributed by atoms with E-state index in [1.54, 1.807) is 0 Å². The van der Waals surface area contributed by atoms with Gasteiger partial charge < -0.3 is 5.32 Å². The Morgan fingerprint density at radius 3 is 3.08 bits per heavy atom. The second kappa shape index (κ2) is 5.84. The zero-order chi connectivity index (χ0) is 8.81. The van der Waals surface area contributed by atoms with E-state index in [0.717, 1.165) is 12.6 Å². The van der Waals surface area contributed by atoms with Gasteiger partial charge in [0.25, 0.3) is 0 Å². The molecule has 0 bridgehead atoms. The first-order chi connectivity index (χ1) is 5.84. The van der Waals surface area contributed by atoms with Crippen LogP contribution in [0.3, 0.4) is 0 Å². The largest absolute Gasteiger partial charge is 0.314 e. The molecule has 0 aliphatic carbocycles. The van der Waals surface area contributed by atoms with E-state index in [9.17, 15) is 0 Å². The van der Waals surface area contributed by atoms with Crippen molar-refractivity contribution in [3.63, 3.8) is 0 Å². The number of thioether (sulfide) groups is 1. The van der Waals surface area contributed by atoms with Crippen molar-refractivity contribution in [2.45, 2.75) is 19.9 Å². The predicted octanol–water partition coefficient (Wildman–Crippen LogP) is 1.03. The standard InChI is InChI=1S/C9H20N2S/c1-3-12-7-6-11-5-4-10-8-9(11)2/h9-10H,3-8H2,1-2H3/t9-/m1/s1. The summed E-state index contributed by atoms with van der Waals surface area (Å²) in [5.74, 6) is 2.54. The van der Waals surface area contributed by atoms with Crippen LogP contribution in [0, 0.1) is 0 Å². The number of rotatable bonds is 4. The molecule has 1 atom stereocenters.